The van der Waals surface area contributed by atoms with Crippen molar-refractivity contribution in [3.05, 3.63) is 17.7 Å². The highest BCUT2D eigenvalue weighted by molar-refractivity contribution is 5.54. The number of alkyl halides is 3. The van der Waals surface area contributed by atoms with Crippen LogP contribution in [0.3, 0.4) is 0 Å². The van der Waals surface area contributed by atoms with Gasteiger partial charge in [0.05, 0.1) is 21.3 Å². The van der Waals surface area contributed by atoms with E-state index in [4.69, 9.17) is 19.9 Å². The van der Waals surface area contributed by atoms with Crippen molar-refractivity contribution in [3.63, 3.8) is 0 Å². The molecule has 7 heteroatoms. The first kappa shape index (κ1) is 15.4. The maximum absolute atomic E-state index is 12.4. The van der Waals surface area contributed by atoms with Gasteiger partial charge in [-0.2, -0.15) is 13.2 Å². The van der Waals surface area contributed by atoms with Gasteiger partial charge in [-0.15, -0.1) is 0 Å². The van der Waals surface area contributed by atoms with E-state index >= 15 is 0 Å². The number of hydrogen-bond donors (Lipinski definition) is 1. The summed E-state index contributed by atoms with van der Waals surface area (Å²) in [6.07, 6.45) is -4.80. The summed E-state index contributed by atoms with van der Waals surface area (Å²) in [5.41, 5.74) is 5.46. The Balaban J connectivity index is 3.10. The summed E-state index contributed by atoms with van der Waals surface area (Å²) < 4.78 is 52.5. The Morgan fingerprint density at radius 3 is 1.84 bits per heavy atom. The lowest BCUT2D eigenvalue weighted by Gasteiger charge is -2.18. The number of ether oxygens (including phenoxy) is 3. The van der Waals surface area contributed by atoms with E-state index < -0.39 is 12.2 Å². The van der Waals surface area contributed by atoms with Crippen molar-refractivity contribution in [2.24, 2.45) is 5.73 Å². The molecule has 1 atom stereocenters. The second-order valence-corrected chi connectivity index (χ2v) is 3.89. The molecule has 0 bridgehead atoms. The molecule has 0 saturated heterocycles. The minimum atomic E-state index is -4.44. The van der Waals surface area contributed by atoms with E-state index in [1.165, 1.54) is 33.5 Å². The highest BCUT2D eigenvalue weighted by Gasteiger charge is 2.36. The smallest absolute Gasteiger partial charge is 0.403 e. The third-order valence-electron chi connectivity index (χ3n) is 2.60. The first-order valence-electron chi connectivity index (χ1n) is 5.44. The van der Waals surface area contributed by atoms with Crippen molar-refractivity contribution in [1.82, 2.24) is 0 Å². The molecule has 0 amide bonds. The number of nitrogens with two attached hydrogens (primary N) is 1. The Morgan fingerprint density at radius 2 is 1.53 bits per heavy atom. The molecule has 0 fully saturated rings. The lowest BCUT2D eigenvalue weighted by atomic mass is 10.0. The number of hydrogen-bond acceptors (Lipinski definition) is 4. The Bertz CT molecular complexity index is 410. The Morgan fingerprint density at radius 1 is 1.05 bits per heavy atom. The van der Waals surface area contributed by atoms with Crippen molar-refractivity contribution in [2.45, 2.75) is 18.6 Å². The van der Waals surface area contributed by atoms with Gasteiger partial charge in [-0.3, -0.25) is 0 Å². The molecule has 0 radical (unpaired) electrons. The predicted octanol–water partition coefficient (Wildman–Crippen LogP) is 2.14. The van der Waals surface area contributed by atoms with E-state index in [0.29, 0.717) is 22.8 Å². The van der Waals surface area contributed by atoms with Crippen LogP contribution in [0.25, 0.3) is 0 Å². The molecule has 0 aromatic heterocycles. The molecule has 0 saturated carbocycles. The molecular formula is C12H16F3NO3. The molecule has 108 valence electrons. The van der Waals surface area contributed by atoms with Gasteiger partial charge in [0.15, 0.2) is 11.5 Å². The van der Waals surface area contributed by atoms with Gasteiger partial charge in [-0.25, -0.2) is 0 Å². The summed E-state index contributed by atoms with van der Waals surface area (Å²) in [5.74, 6) is 0.923. The number of benzene rings is 1. The van der Waals surface area contributed by atoms with Crippen LogP contribution < -0.4 is 19.9 Å². The lowest BCUT2D eigenvalue weighted by Crippen LogP contribution is -2.39. The van der Waals surface area contributed by atoms with Crippen LogP contribution in [0.4, 0.5) is 13.2 Å². The monoisotopic (exact) mass is 279 g/mol. The maximum Gasteiger partial charge on any atom is 0.403 e. The number of rotatable bonds is 5. The molecule has 1 aromatic carbocycles. The van der Waals surface area contributed by atoms with E-state index in [2.05, 4.69) is 0 Å². The number of methoxy groups -OCH3 is 3. The Kier molecular flexibility index (Phi) is 4.88. The van der Waals surface area contributed by atoms with Gasteiger partial charge < -0.3 is 19.9 Å². The van der Waals surface area contributed by atoms with Crippen LogP contribution in [0, 0.1) is 0 Å². The van der Waals surface area contributed by atoms with E-state index in [-0.39, 0.29) is 6.42 Å². The zero-order valence-corrected chi connectivity index (χ0v) is 10.9. The topological polar surface area (TPSA) is 53.7 Å². The van der Waals surface area contributed by atoms with Crippen LogP contribution in [-0.4, -0.2) is 33.5 Å². The molecule has 4 nitrogen and oxygen atoms in total. The van der Waals surface area contributed by atoms with Crippen molar-refractivity contribution in [1.29, 1.82) is 0 Å². The van der Waals surface area contributed by atoms with E-state index in [0.717, 1.165) is 0 Å². The van der Waals surface area contributed by atoms with Gasteiger partial charge >= 0.3 is 6.18 Å². The fourth-order valence-electron chi connectivity index (χ4n) is 1.62. The molecule has 1 unspecified atom stereocenters. The van der Waals surface area contributed by atoms with Crippen LogP contribution in [0.15, 0.2) is 12.1 Å². The normalized spacial score (nSPS) is 13.0. The Hall–Kier alpha value is -1.63. The van der Waals surface area contributed by atoms with Crippen LogP contribution >= 0.6 is 0 Å². The second kappa shape index (κ2) is 6.01. The fourth-order valence-corrected chi connectivity index (χ4v) is 1.62. The highest BCUT2D eigenvalue weighted by atomic mass is 19.4. The largest absolute Gasteiger partial charge is 0.493 e. The van der Waals surface area contributed by atoms with Crippen molar-refractivity contribution < 1.29 is 27.4 Å². The van der Waals surface area contributed by atoms with Crippen molar-refractivity contribution >= 4 is 0 Å². The molecular weight excluding hydrogens is 263 g/mol. The van der Waals surface area contributed by atoms with Gasteiger partial charge in [-0.1, -0.05) is 0 Å². The quantitative estimate of drug-likeness (QED) is 0.897. The minimum Gasteiger partial charge on any atom is -0.493 e. The lowest BCUT2D eigenvalue weighted by molar-refractivity contribution is -0.147. The fraction of sp³-hybridized carbons (Fsp3) is 0.500. The highest BCUT2D eigenvalue weighted by Crippen LogP contribution is 2.38. The summed E-state index contributed by atoms with van der Waals surface area (Å²) in [5, 5.41) is 0. The zero-order valence-electron chi connectivity index (χ0n) is 10.9. The standard InChI is InChI=1S/C12H16F3NO3/c1-17-8-4-7(6-10(16)12(13,14)15)5-9(18-2)11(8)19-3/h4-5,10H,6,16H2,1-3H3. The second-order valence-electron chi connectivity index (χ2n) is 3.89. The van der Waals surface area contributed by atoms with E-state index in [1.807, 2.05) is 0 Å². The van der Waals surface area contributed by atoms with Gasteiger partial charge in [0.1, 0.15) is 6.04 Å². The van der Waals surface area contributed by atoms with Gasteiger partial charge in [0, 0.05) is 0 Å². The van der Waals surface area contributed by atoms with Gasteiger partial charge in [0.25, 0.3) is 0 Å². The van der Waals surface area contributed by atoms with Crippen molar-refractivity contribution in [3.8, 4) is 17.2 Å². The van der Waals surface area contributed by atoms with Gasteiger partial charge in [0.2, 0.25) is 5.75 Å². The summed E-state index contributed by atoms with van der Waals surface area (Å²) in [7, 11) is 4.21. The number of halogens is 3. The third kappa shape index (κ3) is 3.66. The average Bonchev–Trinajstić information content (AvgIpc) is 2.36. The zero-order chi connectivity index (χ0) is 14.6. The van der Waals surface area contributed by atoms with Crippen LogP contribution in [-0.2, 0) is 6.42 Å². The van der Waals surface area contributed by atoms with Gasteiger partial charge in [-0.05, 0) is 24.1 Å². The van der Waals surface area contributed by atoms with Crippen molar-refractivity contribution in [2.75, 3.05) is 21.3 Å². The average molecular weight is 279 g/mol. The summed E-state index contributed by atoms with van der Waals surface area (Å²) in [4.78, 5) is 0. The van der Waals surface area contributed by atoms with E-state index in [1.54, 1.807) is 0 Å². The first-order valence-corrected chi connectivity index (χ1v) is 5.44. The maximum atomic E-state index is 12.4. The molecule has 19 heavy (non-hydrogen) atoms. The van der Waals surface area contributed by atoms with E-state index in [9.17, 15) is 13.2 Å². The summed E-state index contributed by atoms with van der Waals surface area (Å²) >= 11 is 0. The molecule has 1 aromatic rings. The minimum absolute atomic E-state index is 0.297. The van der Waals surface area contributed by atoms with Crippen LogP contribution in [0.1, 0.15) is 5.56 Å². The third-order valence-corrected chi connectivity index (χ3v) is 2.60. The molecule has 1 rings (SSSR count). The molecule has 0 aliphatic rings. The Labute approximate surface area is 109 Å². The van der Waals surface area contributed by atoms with Crippen LogP contribution in [0.2, 0.25) is 0 Å². The molecule has 0 aliphatic heterocycles. The summed E-state index contributed by atoms with van der Waals surface area (Å²) in [6, 6.07) is 0.968. The molecule has 0 aliphatic carbocycles. The SMILES string of the molecule is COc1cc(CC(N)C(F)(F)F)cc(OC)c1OC. The molecule has 0 spiro atoms. The predicted molar refractivity (Wildman–Crippen MR) is 63.8 cm³/mol. The molecule has 0 heterocycles. The summed E-state index contributed by atoms with van der Waals surface area (Å²) in [6.45, 7) is 0. The molecule has 2 N–H and O–H groups in total. The first-order chi connectivity index (χ1) is 8.83. The van der Waals surface area contributed by atoms with Crippen LogP contribution in [0.5, 0.6) is 17.2 Å².